The fourth-order valence-corrected chi connectivity index (χ4v) is 5.50. The molecule has 4 rings (SSSR count). The first kappa shape index (κ1) is 28.5. The number of hydrogen-bond donors (Lipinski definition) is 2. The third kappa shape index (κ3) is 6.93. The first-order valence-corrected chi connectivity index (χ1v) is 13.7. The van der Waals surface area contributed by atoms with E-state index in [1.54, 1.807) is 91.0 Å². The molecule has 1 aliphatic carbocycles. The highest BCUT2D eigenvalue weighted by atomic mass is 31.2. The van der Waals surface area contributed by atoms with Gasteiger partial charge < -0.3 is 14.9 Å². The monoisotopic (exact) mass is 548 g/mol. The summed E-state index contributed by atoms with van der Waals surface area (Å²) in [5, 5.41) is 21.1. The lowest BCUT2D eigenvalue weighted by Gasteiger charge is -2.46. The van der Waals surface area contributed by atoms with Gasteiger partial charge in [0, 0.05) is 0 Å². The summed E-state index contributed by atoms with van der Waals surface area (Å²) in [5.41, 5.74) is 1.89. The molecule has 0 saturated heterocycles. The molecule has 10 heteroatoms. The van der Waals surface area contributed by atoms with Crippen molar-refractivity contribution in [1.29, 1.82) is 0 Å². The maximum absolute atomic E-state index is 15.6. The number of hydrogen-bond acceptors (Lipinski definition) is 7. The van der Waals surface area contributed by atoms with Crippen molar-refractivity contribution in [1.82, 2.24) is 0 Å². The SMILES string of the molecule is C[C@@H]1[C@@H](O)[C@@H](O)[C@H](OCc2ccccc2)[C@H](OP(=O)(OCc2ccccc2)OCc2ccccc2)C1(F)F. The number of aliphatic hydroxyl groups is 2. The van der Waals surface area contributed by atoms with E-state index in [2.05, 4.69) is 0 Å². The van der Waals surface area contributed by atoms with Gasteiger partial charge in [0.05, 0.1) is 31.8 Å². The van der Waals surface area contributed by atoms with E-state index in [4.69, 9.17) is 18.3 Å². The van der Waals surface area contributed by atoms with Gasteiger partial charge in [0.15, 0.2) is 6.10 Å². The third-order valence-corrected chi connectivity index (χ3v) is 7.85. The molecular weight excluding hydrogens is 517 g/mol. The van der Waals surface area contributed by atoms with Gasteiger partial charge >= 0.3 is 7.82 Å². The molecular formula is C28H31F2O7P. The molecule has 3 aromatic carbocycles. The van der Waals surface area contributed by atoms with Crippen LogP contribution >= 0.6 is 7.82 Å². The van der Waals surface area contributed by atoms with Gasteiger partial charge in [-0.15, -0.1) is 0 Å². The maximum atomic E-state index is 15.6. The van der Waals surface area contributed by atoms with Crippen molar-refractivity contribution in [2.45, 2.75) is 57.1 Å². The minimum atomic E-state index is -4.66. The Hall–Kier alpha value is -2.49. The number of rotatable bonds is 11. The second kappa shape index (κ2) is 12.6. The van der Waals surface area contributed by atoms with Crippen LogP contribution in [-0.4, -0.2) is 40.6 Å². The van der Waals surface area contributed by atoms with Gasteiger partial charge in [-0.3, -0.25) is 13.6 Å². The Morgan fingerprint density at radius 1 is 0.737 bits per heavy atom. The van der Waals surface area contributed by atoms with Crippen LogP contribution in [0, 0.1) is 5.92 Å². The molecule has 5 atom stereocenters. The van der Waals surface area contributed by atoms with Crippen LogP contribution in [0.25, 0.3) is 0 Å². The standard InChI is InChI=1S/C28H31F2O7P/c1-20-24(31)25(32)26(34-17-21-11-5-2-6-12-21)27(28(20,29)30)37-38(33,35-18-22-13-7-3-8-14-22)36-19-23-15-9-4-10-16-23/h2-16,20,24-27,31-32H,17-19H2,1H3/t20-,24-,25-,26+,27+/m1/s1. The molecule has 7 nitrogen and oxygen atoms in total. The van der Waals surface area contributed by atoms with Crippen molar-refractivity contribution >= 4 is 7.82 Å². The normalized spacial score (nSPS) is 25.2. The fourth-order valence-electron chi connectivity index (χ4n) is 4.15. The van der Waals surface area contributed by atoms with Crippen molar-refractivity contribution in [2.75, 3.05) is 0 Å². The van der Waals surface area contributed by atoms with E-state index >= 15 is 8.78 Å². The average molecular weight is 549 g/mol. The van der Waals surface area contributed by atoms with Crippen molar-refractivity contribution in [2.24, 2.45) is 5.92 Å². The Labute approximate surface area is 220 Å². The van der Waals surface area contributed by atoms with Gasteiger partial charge in [0.25, 0.3) is 5.92 Å². The van der Waals surface area contributed by atoms with Gasteiger partial charge in [-0.05, 0) is 16.7 Å². The number of alkyl halides is 2. The lowest BCUT2D eigenvalue weighted by atomic mass is 9.78. The highest BCUT2D eigenvalue weighted by Gasteiger charge is 2.62. The number of phosphoric ester groups is 1. The zero-order valence-corrected chi connectivity index (χ0v) is 21.7. The fraction of sp³-hybridized carbons (Fsp3) is 0.357. The van der Waals surface area contributed by atoms with E-state index in [1.807, 2.05) is 0 Å². The van der Waals surface area contributed by atoms with Crippen molar-refractivity contribution in [3.05, 3.63) is 108 Å². The Bertz CT molecular complexity index is 1140. The Morgan fingerprint density at radius 2 is 1.16 bits per heavy atom. The summed E-state index contributed by atoms with van der Waals surface area (Å²) >= 11 is 0. The van der Waals surface area contributed by atoms with Gasteiger partial charge in [-0.2, -0.15) is 0 Å². The van der Waals surface area contributed by atoms with E-state index in [-0.39, 0.29) is 19.8 Å². The summed E-state index contributed by atoms with van der Waals surface area (Å²) in [6, 6.07) is 26.1. The summed E-state index contributed by atoms with van der Waals surface area (Å²) < 4.78 is 67.3. The smallest absolute Gasteiger partial charge is 0.390 e. The van der Waals surface area contributed by atoms with Gasteiger partial charge in [-0.25, -0.2) is 13.3 Å². The molecule has 0 radical (unpaired) electrons. The van der Waals surface area contributed by atoms with Gasteiger partial charge in [-0.1, -0.05) is 97.9 Å². The molecule has 0 spiro atoms. The van der Waals surface area contributed by atoms with Crippen LogP contribution < -0.4 is 0 Å². The molecule has 1 aliphatic rings. The predicted molar refractivity (Wildman–Crippen MR) is 136 cm³/mol. The van der Waals surface area contributed by atoms with Crippen molar-refractivity contribution in [3.8, 4) is 0 Å². The highest BCUT2D eigenvalue weighted by Crippen LogP contribution is 2.56. The topological polar surface area (TPSA) is 94.5 Å². The minimum Gasteiger partial charge on any atom is -0.390 e. The minimum absolute atomic E-state index is 0.153. The van der Waals surface area contributed by atoms with E-state index < -0.39 is 44.1 Å². The van der Waals surface area contributed by atoms with Crippen LogP contribution in [0.5, 0.6) is 0 Å². The third-order valence-electron chi connectivity index (χ3n) is 6.48. The molecule has 2 N–H and O–H groups in total. The highest BCUT2D eigenvalue weighted by molar-refractivity contribution is 7.48. The van der Waals surface area contributed by atoms with Crippen LogP contribution in [0.3, 0.4) is 0 Å². The number of aliphatic hydroxyl groups excluding tert-OH is 2. The first-order valence-electron chi connectivity index (χ1n) is 12.2. The lowest BCUT2D eigenvalue weighted by Crippen LogP contribution is -2.65. The average Bonchev–Trinajstić information content (AvgIpc) is 2.94. The number of phosphoric acid groups is 1. The quantitative estimate of drug-likeness (QED) is 0.306. The van der Waals surface area contributed by atoms with E-state index in [0.29, 0.717) is 16.7 Å². The van der Waals surface area contributed by atoms with E-state index in [0.717, 1.165) is 6.92 Å². The number of benzene rings is 3. The maximum Gasteiger partial charge on any atom is 0.476 e. The Morgan fingerprint density at radius 3 is 1.61 bits per heavy atom. The molecule has 1 fully saturated rings. The summed E-state index contributed by atoms with van der Waals surface area (Å²) in [6.07, 6.45) is -7.52. The predicted octanol–water partition coefficient (Wildman–Crippen LogP) is 5.51. The van der Waals surface area contributed by atoms with E-state index in [1.165, 1.54) is 0 Å². The largest absolute Gasteiger partial charge is 0.476 e. The van der Waals surface area contributed by atoms with Crippen LogP contribution in [0.2, 0.25) is 0 Å². The first-order chi connectivity index (χ1) is 18.2. The van der Waals surface area contributed by atoms with Crippen LogP contribution in [-0.2, 0) is 42.7 Å². The Balaban J connectivity index is 1.60. The number of halogens is 2. The molecule has 38 heavy (non-hydrogen) atoms. The number of ether oxygens (including phenoxy) is 1. The zero-order chi connectivity index (χ0) is 27.2. The molecule has 0 aromatic heterocycles. The molecule has 0 aliphatic heterocycles. The van der Waals surface area contributed by atoms with Crippen LogP contribution in [0.1, 0.15) is 23.6 Å². The summed E-state index contributed by atoms with van der Waals surface area (Å²) in [6.45, 7) is 0.459. The summed E-state index contributed by atoms with van der Waals surface area (Å²) in [5.74, 6) is -5.47. The molecule has 0 heterocycles. The van der Waals surface area contributed by atoms with Gasteiger partial charge in [0.2, 0.25) is 0 Å². The van der Waals surface area contributed by atoms with Crippen LogP contribution in [0.15, 0.2) is 91.0 Å². The second-order valence-corrected chi connectivity index (χ2v) is 10.8. The molecule has 0 amide bonds. The molecule has 3 aromatic rings. The summed E-state index contributed by atoms with van der Waals surface area (Å²) in [7, 11) is -4.66. The molecule has 1 saturated carbocycles. The lowest BCUT2D eigenvalue weighted by molar-refractivity contribution is -0.272. The Kier molecular flexibility index (Phi) is 9.44. The van der Waals surface area contributed by atoms with Crippen molar-refractivity contribution in [3.63, 3.8) is 0 Å². The molecule has 204 valence electrons. The van der Waals surface area contributed by atoms with Crippen LogP contribution in [0.4, 0.5) is 8.78 Å². The molecule has 0 unspecified atom stereocenters. The molecule has 0 bridgehead atoms. The zero-order valence-electron chi connectivity index (χ0n) is 20.8. The second-order valence-electron chi connectivity index (χ2n) is 9.20. The summed E-state index contributed by atoms with van der Waals surface area (Å²) in [4.78, 5) is 0. The van der Waals surface area contributed by atoms with Crippen molar-refractivity contribution < 1.29 is 41.9 Å². The van der Waals surface area contributed by atoms with E-state index in [9.17, 15) is 14.8 Å². The van der Waals surface area contributed by atoms with Gasteiger partial charge in [0.1, 0.15) is 12.2 Å².